The molecule has 1 aliphatic rings. The van der Waals surface area contributed by atoms with Crippen LogP contribution in [0.25, 0.3) is 0 Å². The molecule has 4 heteroatoms. The van der Waals surface area contributed by atoms with Crippen molar-refractivity contribution in [2.75, 3.05) is 13.1 Å². The van der Waals surface area contributed by atoms with Gasteiger partial charge in [-0.1, -0.05) is 0 Å². The average Bonchev–Trinajstić information content (AvgIpc) is 2.54. The van der Waals surface area contributed by atoms with Crippen LogP contribution in [-0.4, -0.2) is 24.1 Å². The summed E-state index contributed by atoms with van der Waals surface area (Å²) >= 11 is 1.76. The molecule has 2 unspecified atom stereocenters. The number of aryl methyl sites for hydroxylation is 1. The molecule has 1 aromatic heterocycles. The molecule has 1 fully saturated rings. The Bertz CT molecular complexity index is 316. The average molecular weight is 239 g/mol. The molecule has 2 atom stereocenters. The zero-order valence-electron chi connectivity index (χ0n) is 10.1. The Balaban J connectivity index is 1.88. The van der Waals surface area contributed by atoms with Crippen molar-refractivity contribution in [2.24, 2.45) is 0 Å². The maximum absolute atomic E-state index is 4.54. The first kappa shape index (κ1) is 12.0. The third-order valence-corrected chi connectivity index (χ3v) is 4.21. The number of rotatable bonds is 3. The quantitative estimate of drug-likeness (QED) is 0.849. The lowest BCUT2D eigenvalue weighted by Crippen LogP contribution is -2.32. The molecule has 1 aromatic rings. The van der Waals surface area contributed by atoms with Crippen LogP contribution in [0, 0.1) is 6.92 Å². The zero-order valence-corrected chi connectivity index (χ0v) is 10.9. The Morgan fingerprint density at radius 2 is 2.38 bits per heavy atom. The molecule has 0 aromatic carbocycles. The van der Waals surface area contributed by atoms with E-state index in [1.165, 1.54) is 30.8 Å². The van der Waals surface area contributed by atoms with Crippen LogP contribution in [0.5, 0.6) is 0 Å². The van der Waals surface area contributed by atoms with E-state index in [1.54, 1.807) is 11.3 Å². The van der Waals surface area contributed by atoms with Gasteiger partial charge in [0, 0.05) is 17.1 Å². The van der Waals surface area contributed by atoms with Gasteiger partial charge in [0.25, 0.3) is 0 Å². The van der Waals surface area contributed by atoms with Gasteiger partial charge in [0.05, 0.1) is 6.04 Å². The van der Waals surface area contributed by atoms with Gasteiger partial charge >= 0.3 is 0 Å². The summed E-state index contributed by atoms with van der Waals surface area (Å²) in [4.78, 5) is 4.54. The van der Waals surface area contributed by atoms with E-state index in [1.807, 2.05) is 0 Å². The fraction of sp³-hybridized carbons (Fsp3) is 0.750. The summed E-state index contributed by atoms with van der Waals surface area (Å²) in [5.74, 6) is 0. The Kier molecular flexibility index (Phi) is 4.32. The van der Waals surface area contributed by atoms with E-state index in [4.69, 9.17) is 0 Å². The molecule has 2 heterocycles. The summed E-state index contributed by atoms with van der Waals surface area (Å²) in [6, 6.07) is 1.04. The predicted molar refractivity (Wildman–Crippen MR) is 68.9 cm³/mol. The maximum atomic E-state index is 4.54. The third kappa shape index (κ3) is 3.27. The second-order valence-electron chi connectivity index (χ2n) is 4.59. The van der Waals surface area contributed by atoms with Crippen LogP contribution in [0.3, 0.4) is 0 Å². The molecule has 2 N–H and O–H groups in total. The summed E-state index contributed by atoms with van der Waals surface area (Å²) in [5.41, 5.74) is 1.14. The molecule has 0 saturated carbocycles. The van der Waals surface area contributed by atoms with Crippen molar-refractivity contribution in [3.63, 3.8) is 0 Å². The molecule has 16 heavy (non-hydrogen) atoms. The normalized spacial score (nSPS) is 24.0. The molecule has 0 aliphatic carbocycles. The standard InChI is InChI=1S/C12H21N3S/c1-9-8-16-12(14-9)10(2)15-11-4-3-6-13-7-5-11/h8,10-11,13,15H,3-7H2,1-2H3. The Hall–Kier alpha value is -0.450. The van der Waals surface area contributed by atoms with E-state index in [2.05, 4.69) is 34.8 Å². The maximum Gasteiger partial charge on any atom is 0.110 e. The number of nitrogens with one attached hydrogen (secondary N) is 2. The molecule has 0 radical (unpaired) electrons. The first-order valence-electron chi connectivity index (χ1n) is 6.14. The van der Waals surface area contributed by atoms with Crippen molar-refractivity contribution in [1.82, 2.24) is 15.6 Å². The minimum absolute atomic E-state index is 0.391. The highest BCUT2D eigenvalue weighted by Crippen LogP contribution is 2.19. The predicted octanol–water partition coefficient (Wildman–Crippen LogP) is 2.24. The van der Waals surface area contributed by atoms with Gasteiger partial charge in [-0.25, -0.2) is 4.98 Å². The number of hydrogen-bond acceptors (Lipinski definition) is 4. The SMILES string of the molecule is Cc1csc(C(C)NC2CCCNCC2)n1. The molecule has 0 bridgehead atoms. The van der Waals surface area contributed by atoms with Gasteiger partial charge in [-0.05, 0) is 46.2 Å². The van der Waals surface area contributed by atoms with Crippen LogP contribution in [0.15, 0.2) is 5.38 Å². The Labute approximate surface area is 102 Å². The van der Waals surface area contributed by atoms with Gasteiger partial charge in [-0.3, -0.25) is 0 Å². The Morgan fingerprint density at radius 3 is 3.12 bits per heavy atom. The van der Waals surface area contributed by atoms with Gasteiger partial charge in [0.2, 0.25) is 0 Å². The molecular formula is C12H21N3S. The molecule has 1 aliphatic heterocycles. The zero-order chi connectivity index (χ0) is 11.4. The van der Waals surface area contributed by atoms with E-state index in [0.29, 0.717) is 12.1 Å². The number of nitrogens with zero attached hydrogens (tertiary/aromatic N) is 1. The van der Waals surface area contributed by atoms with Crippen LogP contribution in [0.1, 0.15) is 42.9 Å². The van der Waals surface area contributed by atoms with Crippen molar-refractivity contribution in [1.29, 1.82) is 0 Å². The molecule has 2 rings (SSSR count). The fourth-order valence-electron chi connectivity index (χ4n) is 2.18. The fourth-order valence-corrected chi connectivity index (χ4v) is 2.99. The van der Waals surface area contributed by atoms with E-state index in [0.717, 1.165) is 12.2 Å². The monoisotopic (exact) mass is 239 g/mol. The molecule has 0 amide bonds. The van der Waals surface area contributed by atoms with Gasteiger partial charge in [0.1, 0.15) is 5.01 Å². The summed E-state index contributed by atoms with van der Waals surface area (Å²) in [7, 11) is 0. The lowest BCUT2D eigenvalue weighted by atomic mass is 10.1. The van der Waals surface area contributed by atoms with E-state index in [9.17, 15) is 0 Å². The van der Waals surface area contributed by atoms with Gasteiger partial charge in [-0.15, -0.1) is 11.3 Å². The topological polar surface area (TPSA) is 37.0 Å². The van der Waals surface area contributed by atoms with Crippen molar-refractivity contribution >= 4 is 11.3 Å². The third-order valence-electron chi connectivity index (χ3n) is 3.07. The smallest absolute Gasteiger partial charge is 0.110 e. The van der Waals surface area contributed by atoms with Gasteiger partial charge in [-0.2, -0.15) is 0 Å². The largest absolute Gasteiger partial charge is 0.317 e. The van der Waals surface area contributed by atoms with E-state index < -0.39 is 0 Å². The van der Waals surface area contributed by atoms with Crippen LogP contribution in [0.4, 0.5) is 0 Å². The number of aromatic nitrogens is 1. The molecule has 90 valence electrons. The van der Waals surface area contributed by atoms with Gasteiger partial charge in [0.15, 0.2) is 0 Å². The summed E-state index contributed by atoms with van der Waals surface area (Å²) in [6.45, 7) is 6.59. The minimum Gasteiger partial charge on any atom is -0.317 e. The van der Waals surface area contributed by atoms with Crippen LogP contribution in [-0.2, 0) is 0 Å². The van der Waals surface area contributed by atoms with E-state index >= 15 is 0 Å². The number of hydrogen-bond donors (Lipinski definition) is 2. The molecule has 3 nitrogen and oxygen atoms in total. The van der Waals surface area contributed by atoms with Crippen molar-refractivity contribution in [3.05, 3.63) is 16.1 Å². The minimum atomic E-state index is 0.391. The summed E-state index contributed by atoms with van der Waals surface area (Å²) in [6.07, 6.45) is 3.79. The second kappa shape index (κ2) is 5.75. The first-order valence-corrected chi connectivity index (χ1v) is 7.02. The Morgan fingerprint density at radius 1 is 1.50 bits per heavy atom. The second-order valence-corrected chi connectivity index (χ2v) is 5.48. The van der Waals surface area contributed by atoms with E-state index in [-0.39, 0.29) is 0 Å². The highest BCUT2D eigenvalue weighted by Gasteiger charge is 2.16. The lowest BCUT2D eigenvalue weighted by Gasteiger charge is -2.20. The van der Waals surface area contributed by atoms with Crippen molar-refractivity contribution < 1.29 is 0 Å². The highest BCUT2D eigenvalue weighted by atomic mass is 32.1. The summed E-state index contributed by atoms with van der Waals surface area (Å²) < 4.78 is 0. The molecule has 1 saturated heterocycles. The van der Waals surface area contributed by atoms with Crippen LogP contribution < -0.4 is 10.6 Å². The first-order chi connectivity index (χ1) is 7.75. The number of thiazole rings is 1. The molecular weight excluding hydrogens is 218 g/mol. The lowest BCUT2D eigenvalue weighted by molar-refractivity contribution is 0.420. The molecule has 0 spiro atoms. The van der Waals surface area contributed by atoms with Gasteiger partial charge < -0.3 is 10.6 Å². The summed E-state index contributed by atoms with van der Waals surface area (Å²) in [5, 5.41) is 10.5. The van der Waals surface area contributed by atoms with Crippen molar-refractivity contribution in [3.8, 4) is 0 Å². The van der Waals surface area contributed by atoms with Crippen LogP contribution in [0.2, 0.25) is 0 Å². The highest BCUT2D eigenvalue weighted by molar-refractivity contribution is 7.09. The van der Waals surface area contributed by atoms with Crippen molar-refractivity contribution in [2.45, 2.75) is 45.2 Å². The van der Waals surface area contributed by atoms with Crippen LogP contribution >= 0.6 is 11.3 Å².